The van der Waals surface area contributed by atoms with Gasteiger partial charge in [-0.25, -0.2) is 0 Å². The van der Waals surface area contributed by atoms with Crippen LogP contribution in [0.5, 0.6) is 23.0 Å². The molecule has 0 fully saturated rings. The fraction of sp³-hybridized carbons (Fsp3) is 0.235. The Hall–Kier alpha value is -5.06. The highest BCUT2D eigenvalue weighted by molar-refractivity contribution is 5.94. The molecule has 5 rings (SSSR count). The summed E-state index contributed by atoms with van der Waals surface area (Å²) in [5, 5.41) is 5.65. The second-order valence-electron chi connectivity index (χ2n) is 9.76. The topological polar surface area (TPSA) is 114 Å². The first-order valence-electron chi connectivity index (χ1n) is 14.2. The van der Waals surface area contributed by atoms with Crippen molar-refractivity contribution in [3.05, 3.63) is 108 Å². The van der Waals surface area contributed by atoms with Crippen molar-refractivity contribution in [2.45, 2.75) is 13.2 Å². The Kier molecular flexibility index (Phi) is 11.0. The molecule has 0 unspecified atom stereocenters. The lowest BCUT2D eigenvalue weighted by Gasteiger charge is -2.17. The van der Waals surface area contributed by atoms with E-state index in [1.165, 1.54) is 0 Å². The van der Waals surface area contributed by atoms with E-state index < -0.39 is 0 Å². The number of carbonyl (C=O) groups excluding carboxylic acids is 2. The Bertz CT molecular complexity index is 1400. The third-order valence-electron chi connectivity index (χ3n) is 6.38. The molecule has 0 aliphatic carbocycles. The lowest BCUT2D eigenvalue weighted by atomic mass is 10.2. The number of amides is 2. The van der Waals surface area contributed by atoms with E-state index in [1.807, 2.05) is 60.7 Å². The first-order valence-corrected chi connectivity index (χ1v) is 14.2. The Morgan fingerprint density at radius 3 is 1.41 bits per heavy atom. The molecule has 0 saturated carbocycles. The first kappa shape index (κ1) is 30.4. The van der Waals surface area contributed by atoms with E-state index in [4.69, 9.17) is 28.4 Å². The number of benzene rings is 4. The van der Waals surface area contributed by atoms with E-state index in [0.717, 1.165) is 11.1 Å². The molecule has 0 bridgehead atoms. The van der Waals surface area contributed by atoms with E-state index in [1.54, 1.807) is 36.4 Å². The average Bonchev–Trinajstić information content (AvgIpc) is 3.04. The maximum absolute atomic E-state index is 12.6. The number of carbonyl (C=O) groups is 2. The quantitative estimate of drug-likeness (QED) is 0.311. The molecule has 4 aromatic carbocycles. The zero-order chi connectivity index (χ0) is 30.4. The van der Waals surface area contributed by atoms with Crippen LogP contribution in [0.2, 0.25) is 0 Å². The van der Waals surface area contributed by atoms with Gasteiger partial charge in [0.25, 0.3) is 0 Å². The van der Waals surface area contributed by atoms with Crippen molar-refractivity contribution in [2.24, 2.45) is 0 Å². The molecule has 1 heterocycles. The molecular weight excluding hydrogens is 564 g/mol. The molecule has 44 heavy (non-hydrogen) atoms. The molecule has 10 nitrogen and oxygen atoms in total. The van der Waals surface area contributed by atoms with Crippen LogP contribution >= 0.6 is 0 Å². The van der Waals surface area contributed by atoms with Crippen LogP contribution in [0.4, 0.5) is 11.4 Å². The minimum Gasteiger partial charge on any atom is -0.489 e. The fourth-order valence-electron chi connectivity index (χ4n) is 4.25. The standard InChI is InChI=1S/C34H34N2O8/c37-33-23-39-15-16-40-24-34(38)36-30-20-28(44-22-26-9-5-2-6-10-26)12-14-32(30)42-18-17-41-31-13-11-27(19-29(31)35-33)43-21-25-7-3-1-4-8-25/h1-14,19-20H,15-18,21-24H2,(H,35,37)(H,36,38). The van der Waals surface area contributed by atoms with Crippen LogP contribution in [0.25, 0.3) is 0 Å². The van der Waals surface area contributed by atoms with Crippen LogP contribution in [0.15, 0.2) is 97.1 Å². The minimum atomic E-state index is -0.371. The van der Waals surface area contributed by atoms with Gasteiger partial charge >= 0.3 is 0 Å². The maximum Gasteiger partial charge on any atom is 0.250 e. The number of hydrogen-bond acceptors (Lipinski definition) is 8. The number of hydrogen-bond donors (Lipinski definition) is 2. The van der Waals surface area contributed by atoms with Gasteiger partial charge in [0.2, 0.25) is 11.8 Å². The summed E-state index contributed by atoms with van der Waals surface area (Å²) in [5.41, 5.74) is 2.92. The minimum absolute atomic E-state index is 0.126. The van der Waals surface area contributed by atoms with E-state index in [9.17, 15) is 9.59 Å². The van der Waals surface area contributed by atoms with Crippen LogP contribution < -0.4 is 29.6 Å². The molecule has 1 aliphatic heterocycles. The molecule has 2 N–H and O–H groups in total. The van der Waals surface area contributed by atoms with Crippen molar-refractivity contribution in [1.82, 2.24) is 0 Å². The van der Waals surface area contributed by atoms with Crippen LogP contribution in [-0.4, -0.2) is 51.5 Å². The average molecular weight is 599 g/mol. The second kappa shape index (κ2) is 16.0. The van der Waals surface area contributed by atoms with Gasteiger partial charge in [-0.3, -0.25) is 9.59 Å². The van der Waals surface area contributed by atoms with Crippen molar-refractivity contribution in [3.8, 4) is 23.0 Å². The number of rotatable bonds is 6. The molecule has 2 amide bonds. The molecular formula is C34H34N2O8. The molecule has 0 aromatic heterocycles. The van der Waals surface area contributed by atoms with E-state index in [0.29, 0.717) is 47.6 Å². The molecule has 4 aromatic rings. The van der Waals surface area contributed by atoms with Crippen LogP contribution in [0.3, 0.4) is 0 Å². The summed E-state index contributed by atoms with van der Waals surface area (Å²) in [6, 6.07) is 30.0. The van der Waals surface area contributed by atoms with Crippen molar-refractivity contribution in [3.63, 3.8) is 0 Å². The van der Waals surface area contributed by atoms with E-state index >= 15 is 0 Å². The molecule has 228 valence electrons. The zero-order valence-electron chi connectivity index (χ0n) is 24.2. The van der Waals surface area contributed by atoms with Gasteiger partial charge < -0.3 is 39.1 Å². The fourth-order valence-corrected chi connectivity index (χ4v) is 4.25. The highest BCUT2D eigenvalue weighted by Crippen LogP contribution is 2.32. The summed E-state index contributed by atoms with van der Waals surface area (Å²) in [4.78, 5) is 25.2. The summed E-state index contributed by atoms with van der Waals surface area (Å²) < 4.78 is 34.7. The van der Waals surface area contributed by atoms with Crippen molar-refractivity contribution >= 4 is 23.2 Å². The van der Waals surface area contributed by atoms with Gasteiger partial charge in [-0.2, -0.15) is 0 Å². The van der Waals surface area contributed by atoms with Gasteiger partial charge in [-0.1, -0.05) is 60.7 Å². The first-order chi connectivity index (χ1) is 21.6. The van der Waals surface area contributed by atoms with Gasteiger partial charge in [0, 0.05) is 12.1 Å². The van der Waals surface area contributed by atoms with E-state index in [2.05, 4.69) is 10.6 Å². The lowest BCUT2D eigenvalue weighted by molar-refractivity contribution is -0.124. The molecule has 0 radical (unpaired) electrons. The van der Waals surface area contributed by atoms with Crippen molar-refractivity contribution < 1.29 is 38.0 Å². The van der Waals surface area contributed by atoms with Crippen LogP contribution in [0, 0.1) is 0 Å². The normalized spacial score (nSPS) is 14.6. The number of anilines is 2. The summed E-state index contributed by atoms with van der Waals surface area (Å²) in [6.45, 7) is 0.918. The predicted octanol–water partition coefficient (Wildman–Crippen LogP) is 5.23. The monoisotopic (exact) mass is 598 g/mol. The number of nitrogens with one attached hydrogen (secondary N) is 2. The summed E-state index contributed by atoms with van der Waals surface area (Å²) in [5.74, 6) is 1.28. The number of ether oxygens (including phenoxy) is 6. The Morgan fingerprint density at radius 1 is 0.545 bits per heavy atom. The molecule has 0 spiro atoms. The second-order valence-corrected chi connectivity index (χ2v) is 9.76. The highest BCUT2D eigenvalue weighted by atomic mass is 16.5. The zero-order valence-corrected chi connectivity index (χ0v) is 24.2. The van der Waals surface area contributed by atoms with E-state index in [-0.39, 0.29) is 51.5 Å². The summed E-state index contributed by atoms with van der Waals surface area (Å²) in [7, 11) is 0. The summed E-state index contributed by atoms with van der Waals surface area (Å²) >= 11 is 0. The smallest absolute Gasteiger partial charge is 0.250 e. The van der Waals surface area contributed by atoms with Gasteiger partial charge in [-0.15, -0.1) is 0 Å². The highest BCUT2D eigenvalue weighted by Gasteiger charge is 2.14. The van der Waals surface area contributed by atoms with Crippen LogP contribution in [0.1, 0.15) is 11.1 Å². The largest absolute Gasteiger partial charge is 0.489 e. The molecule has 10 heteroatoms. The van der Waals surface area contributed by atoms with Gasteiger partial charge in [0.1, 0.15) is 62.6 Å². The van der Waals surface area contributed by atoms with Gasteiger partial charge in [-0.05, 0) is 35.4 Å². The third-order valence-corrected chi connectivity index (χ3v) is 6.38. The van der Waals surface area contributed by atoms with Crippen LogP contribution in [-0.2, 0) is 32.3 Å². The Labute approximate surface area is 255 Å². The van der Waals surface area contributed by atoms with Crippen molar-refractivity contribution in [2.75, 3.05) is 50.3 Å². The molecule has 1 aliphatic rings. The third kappa shape index (κ3) is 9.48. The predicted molar refractivity (Wildman–Crippen MR) is 164 cm³/mol. The lowest BCUT2D eigenvalue weighted by Crippen LogP contribution is -2.23. The molecule has 0 saturated heterocycles. The van der Waals surface area contributed by atoms with Gasteiger partial charge in [0.05, 0.1) is 24.6 Å². The van der Waals surface area contributed by atoms with Crippen molar-refractivity contribution in [1.29, 1.82) is 0 Å². The SMILES string of the molecule is O=C1COCCOCC(=O)Nc2cc(OCc3ccccc3)ccc2OCCOc2ccc(OCc3ccccc3)cc2N1. The van der Waals surface area contributed by atoms with Gasteiger partial charge in [0.15, 0.2) is 0 Å². The maximum atomic E-state index is 12.6. The summed E-state index contributed by atoms with van der Waals surface area (Å²) in [6.07, 6.45) is 0. The Balaban J connectivity index is 1.28. The molecule has 0 atom stereocenters. The Morgan fingerprint density at radius 2 is 0.977 bits per heavy atom. The number of fused-ring (bicyclic) bond motifs is 2.